The zero-order valence-electron chi connectivity index (χ0n) is 9.37. The summed E-state index contributed by atoms with van der Waals surface area (Å²) >= 11 is 5.88. The molecule has 18 heavy (non-hydrogen) atoms. The summed E-state index contributed by atoms with van der Waals surface area (Å²) in [6.45, 7) is 0.237. The molecule has 3 nitrogen and oxygen atoms in total. The number of thioether (sulfide) groups is 1. The Bertz CT molecular complexity index is 520. The third-order valence-corrected chi connectivity index (χ3v) is 3.17. The van der Waals surface area contributed by atoms with Crippen molar-refractivity contribution in [3.05, 3.63) is 60.1 Å². The van der Waals surface area contributed by atoms with Crippen LogP contribution in [0.5, 0.6) is 0 Å². The molecule has 2 aromatic rings. The van der Waals surface area contributed by atoms with Crippen molar-refractivity contribution in [1.82, 2.24) is 0 Å². The van der Waals surface area contributed by atoms with Gasteiger partial charge in [0.2, 0.25) is 9.50 Å². The average Bonchev–Trinajstić information content (AvgIpc) is 2.90. The fraction of sp³-hybridized carbons (Fsp3) is 0.0769. The Labute approximate surface area is 114 Å². The van der Waals surface area contributed by atoms with E-state index >= 15 is 0 Å². The molecule has 0 saturated carbocycles. The van der Waals surface area contributed by atoms with Crippen LogP contribution in [0.15, 0.2) is 53.1 Å². The lowest BCUT2D eigenvalue weighted by molar-refractivity contribution is 0.108. The molecule has 0 aliphatic heterocycles. The third kappa shape index (κ3) is 3.72. The first-order valence-electron chi connectivity index (χ1n) is 5.22. The van der Waals surface area contributed by atoms with Gasteiger partial charge >= 0.3 is 0 Å². The van der Waals surface area contributed by atoms with Crippen LogP contribution in [-0.4, -0.2) is 9.50 Å². The van der Waals surface area contributed by atoms with Gasteiger partial charge in [-0.15, -0.1) is 0 Å². The van der Waals surface area contributed by atoms with E-state index in [1.54, 1.807) is 42.7 Å². The minimum Gasteiger partial charge on any atom is -0.470 e. The molecule has 0 saturated heterocycles. The van der Waals surface area contributed by atoms with Gasteiger partial charge < -0.3 is 9.15 Å². The van der Waals surface area contributed by atoms with E-state index in [1.807, 2.05) is 6.07 Å². The SMILES string of the molecule is O=C(SC(=S)OCc1ccco1)c1ccccc1. The summed E-state index contributed by atoms with van der Waals surface area (Å²) in [4.78, 5) is 11.8. The second-order valence-electron chi connectivity index (χ2n) is 3.37. The standard InChI is InChI=1S/C13H10O3S2/c14-12(10-5-2-1-3-6-10)18-13(17)16-9-11-7-4-8-15-11/h1-8H,9H2. The summed E-state index contributed by atoms with van der Waals surface area (Å²) in [5, 5.41) is -0.125. The first-order chi connectivity index (χ1) is 8.75. The monoisotopic (exact) mass is 278 g/mol. The van der Waals surface area contributed by atoms with Crippen LogP contribution in [0.25, 0.3) is 0 Å². The smallest absolute Gasteiger partial charge is 0.228 e. The molecule has 1 aromatic carbocycles. The average molecular weight is 278 g/mol. The molecule has 0 radical (unpaired) electrons. The Kier molecular flexibility index (Phi) is 4.55. The van der Waals surface area contributed by atoms with Crippen molar-refractivity contribution in [1.29, 1.82) is 0 Å². The second kappa shape index (κ2) is 6.37. The molecule has 1 heterocycles. The van der Waals surface area contributed by atoms with E-state index < -0.39 is 0 Å². The Balaban J connectivity index is 1.83. The highest BCUT2D eigenvalue weighted by Crippen LogP contribution is 2.16. The quantitative estimate of drug-likeness (QED) is 0.801. The van der Waals surface area contributed by atoms with Crippen molar-refractivity contribution in [2.24, 2.45) is 0 Å². The lowest BCUT2D eigenvalue weighted by Gasteiger charge is -2.04. The lowest BCUT2D eigenvalue weighted by atomic mass is 10.2. The Morgan fingerprint density at radius 2 is 2.00 bits per heavy atom. The van der Waals surface area contributed by atoms with Gasteiger partial charge in [-0.3, -0.25) is 4.79 Å². The topological polar surface area (TPSA) is 39.4 Å². The van der Waals surface area contributed by atoms with Gasteiger partial charge in [-0.25, -0.2) is 0 Å². The molecule has 92 valence electrons. The highest BCUT2D eigenvalue weighted by Gasteiger charge is 2.11. The summed E-state index contributed by atoms with van der Waals surface area (Å²) in [7, 11) is 0. The number of hydrogen-bond acceptors (Lipinski definition) is 5. The van der Waals surface area contributed by atoms with Crippen LogP contribution in [-0.2, 0) is 11.3 Å². The molecule has 0 unspecified atom stereocenters. The van der Waals surface area contributed by atoms with Crippen molar-refractivity contribution in [3.8, 4) is 0 Å². The predicted molar refractivity (Wildman–Crippen MR) is 74.5 cm³/mol. The van der Waals surface area contributed by atoms with Crippen LogP contribution >= 0.6 is 24.0 Å². The van der Waals surface area contributed by atoms with E-state index in [0.717, 1.165) is 11.8 Å². The second-order valence-corrected chi connectivity index (χ2v) is 4.95. The molecular weight excluding hydrogens is 268 g/mol. The van der Waals surface area contributed by atoms with Crippen LogP contribution in [0.2, 0.25) is 0 Å². The number of thiocarbonyl (C=S) groups is 1. The minimum atomic E-state index is -0.125. The van der Waals surface area contributed by atoms with Crippen molar-refractivity contribution >= 4 is 33.5 Å². The Morgan fingerprint density at radius 3 is 2.67 bits per heavy atom. The van der Waals surface area contributed by atoms with Crippen molar-refractivity contribution in [2.45, 2.75) is 6.61 Å². The molecule has 2 rings (SSSR count). The third-order valence-electron chi connectivity index (χ3n) is 2.10. The summed E-state index contributed by atoms with van der Waals surface area (Å²) in [6, 6.07) is 12.5. The van der Waals surface area contributed by atoms with E-state index in [-0.39, 0.29) is 16.1 Å². The van der Waals surface area contributed by atoms with Gasteiger partial charge in [0.1, 0.15) is 12.4 Å². The van der Waals surface area contributed by atoms with Gasteiger partial charge in [0.05, 0.1) is 6.26 Å². The first-order valence-corrected chi connectivity index (χ1v) is 6.44. The number of benzene rings is 1. The van der Waals surface area contributed by atoms with Crippen molar-refractivity contribution < 1.29 is 13.9 Å². The summed E-state index contributed by atoms with van der Waals surface area (Å²) in [6.07, 6.45) is 1.56. The number of furan rings is 1. The summed E-state index contributed by atoms with van der Waals surface area (Å²) in [5.41, 5.74) is 0.603. The number of ether oxygens (including phenoxy) is 1. The largest absolute Gasteiger partial charge is 0.470 e. The maximum Gasteiger partial charge on any atom is 0.228 e. The summed E-state index contributed by atoms with van der Waals surface area (Å²) in [5.74, 6) is 0.671. The predicted octanol–water partition coefficient (Wildman–Crippen LogP) is 3.65. The van der Waals surface area contributed by atoms with Crippen LogP contribution < -0.4 is 0 Å². The first kappa shape index (κ1) is 12.9. The molecule has 5 heteroatoms. The van der Waals surface area contributed by atoms with Crippen LogP contribution in [0.3, 0.4) is 0 Å². The minimum absolute atomic E-state index is 0.125. The van der Waals surface area contributed by atoms with E-state index in [0.29, 0.717) is 11.3 Å². The number of hydrogen-bond donors (Lipinski definition) is 0. The number of carbonyl (C=O) groups is 1. The normalized spacial score (nSPS) is 10.0. The fourth-order valence-electron chi connectivity index (χ4n) is 1.26. The molecule has 0 aliphatic rings. The van der Waals surface area contributed by atoms with Crippen LogP contribution in [0, 0.1) is 0 Å². The molecule has 0 atom stereocenters. The van der Waals surface area contributed by atoms with Gasteiger partial charge in [-0.1, -0.05) is 30.3 Å². The van der Waals surface area contributed by atoms with Crippen LogP contribution in [0.4, 0.5) is 0 Å². The molecule has 0 N–H and O–H groups in total. The maximum absolute atomic E-state index is 11.8. The molecule has 0 bridgehead atoms. The van der Waals surface area contributed by atoms with Gasteiger partial charge in [-0.2, -0.15) is 0 Å². The summed E-state index contributed by atoms with van der Waals surface area (Å²) < 4.78 is 10.5. The fourth-order valence-corrected chi connectivity index (χ4v) is 2.07. The van der Waals surface area contributed by atoms with Gasteiger partial charge in [0, 0.05) is 17.3 Å². The van der Waals surface area contributed by atoms with Crippen molar-refractivity contribution in [3.63, 3.8) is 0 Å². The van der Waals surface area contributed by atoms with Gasteiger partial charge in [-0.05, 0) is 24.4 Å². The van der Waals surface area contributed by atoms with Crippen molar-refractivity contribution in [2.75, 3.05) is 0 Å². The Hall–Kier alpha value is -1.59. The lowest BCUT2D eigenvalue weighted by Crippen LogP contribution is -2.02. The molecule has 0 aliphatic carbocycles. The highest BCUT2D eigenvalue weighted by atomic mass is 32.2. The van der Waals surface area contributed by atoms with Gasteiger partial charge in [0.25, 0.3) is 0 Å². The van der Waals surface area contributed by atoms with E-state index in [4.69, 9.17) is 21.4 Å². The molecule has 0 fully saturated rings. The number of rotatable bonds is 3. The zero-order valence-corrected chi connectivity index (χ0v) is 11.0. The van der Waals surface area contributed by atoms with Crippen LogP contribution in [0.1, 0.15) is 16.1 Å². The van der Waals surface area contributed by atoms with Gasteiger partial charge in [0.15, 0.2) is 0 Å². The Morgan fingerprint density at radius 1 is 1.22 bits per heavy atom. The number of carbonyl (C=O) groups excluding carboxylic acids is 1. The van der Waals surface area contributed by atoms with E-state index in [9.17, 15) is 4.79 Å². The molecular formula is C13H10O3S2. The molecule has 0 amide bonds. The maximum atomic E-state index is 11.8. The molecule has 1 aromatic heterocycles. The molecule has 0 spiro atoms. The zero-order chi connectivity index (χ0) is 12.8. The van der Waals surface area contributed by atoms with E-state index in [1.165, 1.54) is 0 Å². The van der Waals surface area contributed by atoms with E-state index in [2.05, 4.69) is 0 Å². The highest BCUT2D eigenvalue weighted by molar-refractivity contribution is 8.32.